The largest absolute Gasteiger partial charge is 0.336 e. The Kier molecular flexibility index (Phi) is 3.67. The molecule has 2 N–H and O–H groups in total. The smallest absolute Gasteiger partial charge is 0.240 e. The molecule has 0 radical (unpaired) electrons. The van der Waals surface area contributed by atoms with Crippen LogP contribution in [0.3, 0.4) is 0 Å². The molecule has 15 heavy (non-hydrogen) atoms. The number of nitrogens with two attached hydrogens (primary N) is 1. The van der Waals surface area contributed by atoms with Crippen LogP contribution in [0.5, 0.6) is 0 Å². The van der Waals surface area contributed by atoms with Crippen LogP contribution in [0.2, 0.25) is 0 Å². The molecule has 3 nitrogen and oxygen atoms in total. The Morgan fingerprint density at radius 1 is 1.33 bits per heavy atom. The van der Waals surface area contributed by atoms with Crippen molar-refractivity contribution in [1.29, 1.82) is 0 Å². The van der Waals surface area contributed by atoms with Gasteiger partial charge in [0, 0.05) is 12.1 Å². The number of rotatable bonds is 2. The summed E-state index contributed by atoms with van der Waals surface area (Å²) < 4.78 is 0. The third-order valence-electron chi connectivity index (χ3n) is 3.93. The van der Waals surface area contributed by atoms with E-state index >= 15 is 0 Å². The first kappa shape index (κ1) is 12.8. The average Bonchev–Trinajstić information content (AvgIpc) is 1.97. The third kappa shape index (κ3) is 1.87. The van der Waals surface area contributed by atoms with Gasteiger partial charge in [-0.3, -0.25) is 4.79 Å². The van der Waals surface area contributed by atoms with E-state index in [1.54, 1.807) is 0 Å². The molecule has 0 aromatic carbocycles. The summed E-state index contributed by atoms with van der Waals surface area (Å²) in [6.45, 7) is 4.95. The summed E-state index contributed by atoms with van der Waals surface area (Å²) in [6, 6.07) is -0.298. The molecule has 1 aliphatic heterocycles. The van der Waals surface area contributed by atoms with Crippen molar-refractivity contribution >= 4 is 18.3 Å². The first-order chi connectivity index (χ1) is 6.57. The van der Waals surface area contributed by atoms with Gasteiger partial charge in [0.2, 0.25) is 5.91 Å². The van der Waals surface area contributed by atoms with E-state index in [1.807, 2.05) is 18.7 Å². The summed E-state index contributed by atoms with van der Waals surface area (Å²) in [5.41, 5.74) is 6.13. The van der Waals surface area contributed by atoms with Crippen molar-refractivity contribution in [3.63, 3.8) is 0 Å². The van der Waals surface area contributed by atoms with E-state index in [4.69, 9.17) is 5.73 Å². The predicted octanol–water partition coefficient (Wildman–Crippen LogP) is 1.55. The minimum absolute atomic E-state index is 0. The lowest BCUT2D eigenvalue weighted by atomic mass is 9.67. The fourth-order valence-corrected chi connectivity index (χ4v) is 2.45. The quantitative estimate of drug-likeness (QED) is 0.785. The van der Waals surface area contributed by atoms with E-state index in [0.717, 1.165) is 6.54 Å². The van der Waals surface area contributed by atoms with Gasteiger partial charge in [0.05, 0.1) is 6.04 Å². The van der Waals surface area contributed by atoms with Crippen molar-refractivity contribution in [2.75, 3.05) is 6.54 Å². The zero-order valence-electron chi connectivity index (χ0n) is 9.53. The van der Waals surface area contributed by atoms with Crippen LogP contribution in [0, 0.1) is 5.92 Å². The number of carbonyl (C=O) groups excluding carboxylic acids is 1. The van der Waals surface area contributed by atoms with Gasteiger partial charge >= 0.3 is 0 Å². The molecule has 0 unspecified atom stereocenters. The van der Waals surface area contributed by atoms with E-state index < -0.39 is 0 Å². The van der Waals surface area contributed by atoms with Gasteiger partial charge in [-0.15, -0.1) is 12.4 Å². The molecule has 2 rings (SSSR count). The fraction of sp³-hybridized carbons (Fsp3) is 0.909. The minimum Gasteiger partial charge on any atom is -0.336 e. The normalized spacial score (nSPS) is 24.1. The fourth-order valence-electron chi connectivity index (χ4n) is 2.45. The maximum absolute atomic E-state index is 12.0. The molecule has 2 aliphatic rings. The highest BCUT2D eigenvalue weighted by atomic mass is 35.5. The summed E-state index contributed by atoms with van der Waals surface area (Å²) in [5.74, 6) is 0.422. The number of halogens is 1. The van der Waals surface area contributed by atoms with Crippen LogP contribution in [0.15, 0.2) is 0 Å². The average molecular weight is 233 g/mol. The molecule has 1 spiro atoms. The van der Waals surface area contributed by atoms with E-state index in [-0.39, 0.29) is 35.8 Å². The molecule has 0 aromatic heterocycles. The molecule has 1 heterocycles. The van der Waals surface area contributed by atoms with Crippen molar-refractivity contribution in [1.82, 2.24) is 4.90 Å². The number of amides is 1. The lowest BCUT2D eigenvalue weighted by Gasteiger charge is -2.59. The lowest BCUT2D eigenvalue weighted by Crippen LogP contribution is -2.68. The van der Waals surface area contributed by atoms with Crippen molar-refractivity contribution in [3.05, 3.63) is 0 Å². The van der Waals surface area contributed by atoms with Crippen LogP contribution in [0.25, 0.3) is 0 Å². The Labute approximate surface area is 97.8 Å². The molecule has 4 heteroatoms. The van der Waals surface area contributed by atoms with Gasteiger partial charge in [-0.1, -0.05) is 13.8 Å². The predicted molar refractivity (Wildman–Crippen MR) is 63.0 cm³/mol. The second kappa shape index (κ2) is 4.30. The molecular weight excluding hydrogens is 212 g/mol. The number of nitrogens with zero attached hydrogens (tertiary/aromatic N) is 1. The molecule has 1 aliphatic carbocycles. The number of carbonyl (C=O) groups is 1. The standard InChI is InChI=1S/C11H20N2O.ClH/c1-8(2)9(12)10(14)13-7-6-11(13)4-3-5-11;/h8-9H,3-7,12H2,1-2H3;1H/t9-;/m0./s1. The number of hydrogen-bond acceptors (Lipinski definition) is 2. The minimum atomic E-state index is -0.298. The zero-order valence-corrected chi connectivity index (χ0v) is 10.3. The highest BCUT2D eigenvalue weighted by Crippen LogP contribution is 2.47. The third-order valence-corrected chi connectivity index (χ3v) is 3.93. The van der Waals surface area contributed by atoms with Crippen LogP contribution in [0.1, 0.15) is 39.5 Å². The maximum Gasteiger partial charge on any atom is 0.240 e. The summed E-state index contributed by atoms with van der Waals surface area (Å²) in [7, 11) is 0. The van der Waals surface area contributed by atoms with E-state index in [9.17, 15) is 4.79 Å². The summed E-state index contributed by atoms with van der Waals surface area (Å²) in [5, 5.41) is 0. The lowest BCUT2D eigenvalue weighted by molar-refractivity contribution is -0.158. The first-order valence-electron chi connectivity index (χ1n) is 5.64. The summed E-state index contributed by atoms with van der Waals surface area (Å²) in [4.78, 5) is 14.0. The SMILES string of the molecule is CC(C)[C@H](N)C(=O)N1CCC12CCC2.Cl. The molecule has 2 fully saturated rings. The molecule has 1 saturated carbocycles. The van der Waals surface area contributed by atoms with Crippen molar-refractivity contribution in [3.8, 4) is 0 Å². The topological polar surface area (TPSA) is 46.3 Å². The molecule has 0 bridgehead atoms. The first-order valence-corrected chi connectivity index (χ1v) is 5.64. The van der Waals surface area contributed by atoms with Crippen LogP contribution in [-0.4, -0.2) is 28.9 Å². The Hall–Kier alpha value is -0.280. The Morgan fingerprint density at radius 3 is 2.20 bits per heavy atom. The Bertz CT molecular complexity index is 245. The zero-order chi connectivity index (χ0) is 10.3. The maximum atomic E-state index is 12.0. The van der Waals surface area contributed by atoms with Gasteiger partial charge in [0.1, 0.15) is 0 Å². The van der Waals surface area contributed by atoms with E-state index in [0.29, 0.717) is 0 Å². The second-order valence-electron chi connectivity index (χ2n) is 5.09. The van der Waals surface area contributed by atoms with Crippen molar-refractivity contribution in [2.24, 2.45) is 11.7 Å². The van der Waals surface area contributed by atoms with Gasteiger partial charge in [-0.25, -0.2) is 0 Å². The molecule has 1 saturated heterocycles. The second-order valence-corrected chi connectivity index (χ2v) is 5.09. The molecule has 1 atom stereocenters. The van der Waals surface area contributed by atoms with Crippen molar-refractivity contribution in [2.45, 2.75) is 51.1 Å². The van der Waals surface area contributed by atoms with Gasteiger partial charge in [-0.2, -0.15) is 0 Å². The summed E-state index contributed by atoms with van der Waals surface area (Å²) >= 11 is 0. The van der Waals surface area contributed by atoms with Crippen LogP contribution >= 0.6 is 12.4 Å². The number of likely N-dealkylation sites (tertiary alicyclic amines) is 1. The van der Waals surface area contributed by atoms with Gasteiger partial charge < -0.3 is 10.6 Å². The molecular formula is C11H21ClN2O. The summed E-state index contributed by atoms with van der Waals surface area (Å²) in [6.07, 6.45) is 4.87. The molecule has 0 aromatic rings. The van der Waals surface area contributed by atoms with Crippen LogP contribution in [-0.2, 0) is 4.79 Å². The number of hydrogen-bond donors (Lipinski definition) is 1. The van der Waals surface area contributed by atoms with Crippen LogP contribution < -0.4 is 5.73 Å². The van der Waals surface area contributed by atoms with Gasteiger partial charge in [0.15, 0.2) is 0 Å². The Morgan fingerprint density at radius 2 is 1.93 bits per heavy atom. The monoisotopic (exact) mass is 232 g/mol. The van der Waals surface area contributed by atoms with Crippen LogP contribution in [0.4, 0.5) is 0 Å². The molecule has 88 valence electrons. The van der Waals surface area contributed by atoms with E-state index in [1.165, 1.54) is 25.7 Å². The van der Waals surface area contributed by atoms with Gasteiger partial charge in [-0.05, 0) is 31.6 Å². The molecule has 1 amide bonds. The van der Waals surface area contributed by atoms with E-state index in [2.05, 4.69) is 0 Å². The Balaban J connectivity index is 0.00000112. The van der Waals surface area contributed by atoms with Crippen molar-refractivity contribution < 1.29 is 4.79 Å². The van der Waals surface area contributed by atoms with Gasteiger partial charge in [0.25, 0.3) is 0 Å². The highest BCUT2D eigenvalue weighted by molar-refractivity contribution is 5.85. The highest BCUT2D eigenvalue weighted by Gasteiger charge is 2.51.